The van der Waals surface area contributed by atoms with Gasteiger partial charge in [0.15, 0.2) is 11.6 Å². The first-order valence-electron chi connectivity index (χ1n) is 7.51. The summed E-state index contributed by atoms with van der Waals surface area (Å²) < 4.78 is 14.6. The van der Waals surface area contributed by atoms with Gasteiger partial charge in [0.2, 0.25) is 0 Å². The van der Waals surface area contributed by atoms with Crippen molar-refractivity contribution in [3.8, 4) is 11.1 Å². The van der Waals surface area contributed by atoms with Gasteiger partial charge in [0.25, 0.3) is 0 Å². The topological polar surface area (TPSA) is 56.5 Å². The highest BCUT2D eigenvalue weighted by Gasteiger charge is 2.17. The van der Waals surface area contributed by atoms with Gasteiger partial charge in [-0.3, -0.25) is 5.10 Å². The Morgan fingerprint density at radius 1 is 1.12 bits per heavy atom. The fourth-order valence-corrected chi connectivity index (χ4v) is 2.97. The number of H-pyrrole nitrogens is 2. The SMILES string of the molecule is Fc1c(Cl)c(-c2ccccc2)cc2c(NCc3ccc[nH]3)n[nH]c12. The first-order valence-corrected chi connectivity index (χ1v) is 7.89. The number of rotatable bonds is 4. The third kappa shape index (κ3) is 2.53. The molecular formula is C18H14ClFN4. The Hall–Kier alpha value is -2.79. The molecule has 2 heterocycles. The van der Waals surface area contributed by atoms with E-state index in [1.54, 1.807) is 0 Å². The van der Waals surface area contributed by atoms with Gasteiger partial charge in [0.05, 0.1) is 11.6 Å². The molecule has 4 nitrogen and oxygen atoms in total. The molecular weight excluding hydrogens is 327 g/mol. The number of nitrogens with zero attached hydrogens (tertiary/aromatic N) is 1. The molecule has 4 rings (SSSR count). The highest BCUT2D eigenvalue weighted by molar-refractivity contribution is 6.34. The van der Waals surface area contributed by atoms with Crippen molar-refractivity contribution in [3.05, 3.63) is 71.3 Å². The van der Waals surface area contributed by atoms with Gasteiger partial charge in [-0.05, 0) is 23.8 Å². The second-order valence-corrected chi connectivity index (χ2v) is 5.84. The van der Waals surface area contributed by atoms with E-state index in [4.69, 9.17) is 11.6 Å². The van der Waals surface area contributed by atoms with E-state index < -0.39 is 5.82 Å². The molecule has 0 aliphatic carbocycles. The fraction of sp³-hybridized carbons (Fsp3) is 0.0556. The molecule has 3 N–H and O–H groups in total. The summed E-state index contributed by atoms with van der Waals surface area (Å²) in [6, 6.07) is 15.3. The van der Waals surface area contributed by atoms with Crippen LogP contribution in [-0.2, 0) is 6.54 Å². The zero-order valence-corrected chi connectivity index (χ0v) is 13.4. The van der Waals surface area contributed by atoms with E-state index in [0.29, 0.717) is 28.8 Å². The molecule has 24 heavy (non-hydrogen) atoms. The molecule has 0 unspecified atom stereocenters. The van der Waals surface area contributed by atoms with Crippen LogP contribution in [0.5, 0.6) is 0 Å². The molecule has 0 saturated heterocycles. The maximum absolute atomic E-state index is 14.6. The van der Waals surface area contributed by atoms with Crippen LogP contribution in [0.2, 0.25) is 5.02 Å². The van der Waals surface area contributed by atoms with E-state index in [2.05, 4.69) is 20.5 Å². The summed E-state index contributed by atoms with van der Waals surface area (Å²) in [6.07, 6.45) is 1.85. The summed E-state index contributed by atoms with van der Waals surface area (Å²) in [6.45, 7) is 0.567. The Balaban J connectivity index is 1.78. The van der Waals surface area contributed by atoms with Crippen LogP contribution < -0.4 is 5.32 Å². The molecule has 0 radical (unpaired) electrons. The number of anilines is 1. The minimum Gasteiger partial charge on any atom is -0.364 e. The first-order chi connectivity index (χ1) is 11.7. The second-order valence-electron chi connectivity index (χ2n) is 5.46. The van der Waals surface area contributed by atoms with E-state index in [1.165, 1.54) is 0 Å². The Morgan fingerprint density at radius 3 is 2.71 bits per heavy atom. The minimum atomic E-state index is -0.492. The Bertz CT molecular complexity index is 977. The van der Waals surface area contributed by atoms with Gasteiger partial charge in [-0.15, -0.1) is 0 Å². The number of benzene rings is 2. The predicted octanol–water partition coefficient (Wildman–Crippen LogP) is 4.96. The molecule has 6 heteroatoms. The average Bonchev–Trinajstić information content (AvgIpc) is 3.26. The zero-order chi connectivity index (χ0) is 16.5. The van der Waals surface area contributed by atoms with Crippen molar-refractivity contribution in [1.82, 2.24) is 15.2 Å². The standard InChI is InChI=1S/C18H14ClFN4/c19-15-13(11-5-2-1-3-6-11)9-14-17(16(15)20)23-24-18(14)22-10-12-7-4-8-21-12/h1-9,21H,10H2,(H2,22,23,24). The van der Waals surface area contributed by atoms with Gasteiger partial charge in [0.1, 0.15) is 5.52 Å². The molecule has 2 aromatic carbocycles. The van der Waals surface area contributed by atoms with Crippen LogP contribution in [0, 0.1) is 5.82 Å². The van der Waals surface area contributed by atoms with Crippen LogP contribution in [0.25, 0.3) is 22.0 Å². The number of fused-ring (bicyclic) bond motifs is 1. The van der Waals surface area contributed by atoms with Crippen LogP contribution in [0.4, 0.5) is 10.2 Å². The van der Waals surface area contributed by atoms with Crippen LogP contribution >= 0.6 is 11.6 Å². The van der Waals surface area contributed by atoms with Crippen LogP contribution in [0.1, 0.15) is 5.69 Å². The number of hydrogen-bond donors (Lipinski definition) is 3. The Kier molecular flexibility index (Phi) is 3.70. The van der Waals surface area contributed by atoms with Gasteiger partial charge in [-0.25, -0.2) is 4.39 Å². The third-order valence-corrected chi connectivity index (χ3v) is 4.30. The molecule has 0 aliphatic rings. The normalized spacial score (nSPS) is 11.1. The molecule has 120 valence electrons. The smallest absolute Gasteiger partial charge is 0.168 e. The summed E-state index contributed by atoms with van der Waals surface area (Å²) >= 11 is 6.23. The second kappa shape index (κ2) is 6.02. The molecule has 0 fully saturated rings. The molecule has 0 saturated carbocycles. The summed E-state index contributed by atoms with van der Waals surface area (Å²) in [5, 5.41) is 10.9. The third-order valence-electron chi connectivity index (χ3n) is 3.93. The van der Waals surface area contributed by atoms with Gasteiger partial charge >= 0.3 is 0 Å². The Morgan fingerprint density at radius 2 is 1.96 bits per heavy atom. The summed E-state index contributed by atoms with van der Waals surface area (Å²) in [5.74, 6) is 0.0980. The average molecular weight is 341 g/mol. The molecule has 0 spiro atoms. The monoisotopic (exact) mass is 340 g/mol. The highest BCUT2D eigenvalue weighted by atomic mass is 35.5. The lowest BCUT2D eigenvalue weighted by atomic mass is 10.0. The lowest BCUT2D eigenvalue weighted by Crippen LogP contribution is -2.00. The fourth-order valence-electron chi connectivity index (χ4n) is 2.71. The van der Waals surface area contributed by atoms with Crippen molar-refractivity contribution < 1.29 is 4.39 Å². The molecule has 0 aliphatic heterocycles. The van der Waals surface area contributed by atoms with E-state index in [9.17, 15) is 4.39 Å². The van der Waals surface area contributed by atoms with Gasteiger partial charge < -0.3 is 10.3 Å². The Labute approximate surface area is 142 Å². The first kappa shape index (κ1) is 14.8. The molecule has 4 aromatic rings. The van der Waals surface area contributed by atoms with E-state index in [0.717, 1.165) is 11.3 Å². The zero-order valence-electron chi connectivity index (χ0n) is 12.6. The lowest BCUT2D eigenvalue weighted by Gasteiger charge is -2.08. The van der Waals surface area contributed by atoms with Crippen LogP contribution in [0.3, 0.4) is 0 Å². The number of nitrogens with one attached hydrogen (secondary N) is 3. The molecule has 0 atom stereocenters. The van der Waals surface area contributed by atoms with Gasteiger partial charge in [-0.1, -0.05) is 41.9 Å². The number of halogens is 2. The number of hydrogen-bond acceptors (Lipinski definition) is 2. The lowest BCUT2D eigenvalue weighted by molar-refractivity contribution is 0.637. The van der Waals surface area contributed by atoms with E-state index in [-0.39, 0.29) is 5.02 Å². The quantitative estimate of drug-likeness (QED) is 0.491. The van der Waals surface area contributed by atoms with Crippen LogP contribution in [0.15, 0.2) is 54.7 Å². The van der Waals surface area contributed by atoms with Crippen molar-refractivity contribution in [3.63, 3.8) is 0 Å². The number of aromatic nitrogens is 3. The summed E-state index contributed by atoms with van der Waals surface area (Å²) in [5.41, 5.74) is 2.82. The predicted molar refractivity (Wildman–Crippen MR) is 94.6 cm³/mol. The van der Waals surface area contributed by atoms with E-state index >= 15 is 0 Å². The largest absolute Gasteiger partial charge is 0.364 e. The van der Waals surface area contributed by atoms with Gasteiger partial charge in [-0.2, -0.15) is 5.10 Å². The van der Waals surface area contributed by atoms with Crippen molar-refractivity contribution in [2.24, 2.45) is 0 Å². The van der Waals surface area contributed by atoms with Crippen molar-refractivity contribution in [1.29, 1.82) is 0 Å². The summed E-state index contributed by atoms with van der Waals surface area (Å²) in [7, 11) is 0. The van der Waals surface area contributed by atoms with Gasteiger partial charge in [0, 0.05) is 22.8 Å². The highest BCUT2D eigenvalue weighted by Crippen LogP contribution is 2.36. The van der Waals surface area contributed by atoms with Crippen LogP contribution in [-0.4, -0.2) is 15.2 Å². The minimum absolute atomic E-state index is 0.0910. The van der Waals surface area contributed by atoms with Crippen molar-refractivity contribution in [2.45, 2.75) is 6.54 Å². The summed E-state index contributed by atoms with van der Waals surface area (Å²) in [4.78, 5) is 3.11. The molecule has 0 amide bonds. The maximum Gasteiger partial charge on any atom is 0.168 e. The maximum atomic E-state index is 14.6. The molecule has 2 aromatic heterocycles. The van der Waals surface area contributed by atoms with Crippen molar-refractivity contribution in [2.75, 3.05) is 5.32 Å². The van der Waals surface area contributed by atoms with Crippen molar-refractivity contribution >= 4 is 28.3 Å². The van der Waals surface area contributed by atoms with E-state index in [1.807, 2.05) is 54.7 Å². The number of aromatic amines is 2. The molecule has 0 bridgehead atoms.